The van der Waals surface area contributed by atoms with Crippen LogP contribution >= 0.6 is 22.7 Å². The van der Waals surface area contributed by atoms with Crippen molar-refractivity contribution in [3.63, 3.8) is 0 Å². The number of rotatable bonds is 8. The summed E-state index contributed by atoms with van der Waals surface area (Å²) in [5, 5.41) is 4.16. The van der Waals surface area contributed by atoms with E-state index in [9.17, 15) is 0 Å². The molecule has 2 aromatic heterocycles. The first-order chi connectivity index (χ1) is 17.1. The van der Waals surface area contributed by atoms with E-state index >= 15 is 0 Å². The van der Waals surface area contributed by atoms with Gasteiger partial charge in [-0.15, -0.1) is 22.7 Å². The molecule has 0 unspecified atom stereocenters. The van der Waals surface area contributed by atoms with Crippen LogP contribution in [-0.4, -0.2) is 7.11 Å². The predicted octanol–water partition coefficient (Wildman–Crippen LogP) is 9.41. The van der Waals surface area contributed by atoms with Crippen LogP contribution < -0.4 is 9.64 Å². The fourth-order valence-corrected chi connectivity index (χ4v) is 5.43. The first-order valence-electron chi connectivity index (χ1n) is 11.2. The van der Waals surface area contributed by atoms with Gasteiger partial charge in [0.25, 0.3) is 0 Å². The van der Waals surface area contributed by atoms with E-state index < -0.39 is 0 Å². The Morgan fingerprint density at radius 1 is 0.600 bits per heavy atom. The third-order valence-electron chi connectivity index (χ3n) is 5.92. The normalized spacial score (nSPS) is 10.7. The van der Waals surface area contributed by atoms with Crippen molar-refractivity contribution < 1.29 is 4.74 Å². The lowest BCUT2D eigenvalue weighted by molar-refractivity contribution is 0.415. The zero-order chi connectivity index (χ0) is 24.2. The molecule has 0 amide bonds. The Balaban J connectivity index is 1.50. The summed E-state index contributed by atoms with van der Waals surface area (Å²) >= 11 is 3.42. The molecule has 0 bridgehead atoms. The Morgan fingerprint density at radius 3 is 1.34 bits per heavy atom. The fourth-order valence-electron chi connectivity index (χ4n) is 3.99. The van der Waals surface area contributed by atoms with E-state index in [1.54, 1.807) is 29.8 Å². The molecule has 0 atom stereocenters. The van der Waals surface area contributed by atoms with Gasteiger partial charge in [-0.05, 0) is 93.7 Å². The molecule has 0 saturated heterocycles. The molecular formula is C31H25NOS2. The number of hydrogen-bond donors (Lipinski definition) is 0. The summed E-state index contributed by atoms with van der Waals surface area (Å²) in [6.45, 7) is 8.60. The zero-order valence-corrected chi connectivity index (χ0v) is 21.1. The number of hydrogen-bond acceptors (Lipinski definition) is 4. The molecule has 4 heteroatoms. The molecule has 172 valence electrons. The molecule has 0 aliphatic heterocycles. The van der Waals surface area contributed by atoms with Crippen molar-refractivity contribution in [1.82, 2.24) is 0 Å². The van der Waals surface area contributed by atoms with Gasteiger partial charge in [-0.1, -0.05) is 49.6 Å². The minimum atomic E-state index is 0.832. The maximum Gasteiger partial charge on any atom is 0.119 e. The molecule has 2 nitrogen and oxygen atoms in total. The Bertz CT molecular complexity index is 1320. The number of thiophene rings is 2. The largest absolute Gasteiger partial charge is 0.497 e. The van der Waals surface area contributed by atoms with E-state index in [4.69, 9.17) is 4.74 Å². The number of anilines is 3. The Kier molecular flexibility index (Phi) is 6.66. The van der Waals surface area contributed by atoms with Gasteiger partial charge in [0.05, 0.1) is 7.11 Å². The van der Waals surface area contributed by atoms with Crippen LogP contribution in [0.4, 0.5) is 17.1 Å². The van der Waals surface area contributed by atoms with Gasteiger partial charge in [-0.3, -0.25) is 0 Å². The quantitative estimate of drug-likeness (QED) is 0.214. The second-order valence-electron chi connectivity index (χ2n) is 8.04. The molecule has 0 aliphatic rings. The molecule has 3 aromatic carbocycles. The van der Waals surface area contributed by atoms with Crippen LogP contribution in [0.1, 0.15) is 20.9 Å². The predicted molar refractivity (Wildman–Crippen MR) is 153 cm³/mol. The molecular weight excluding hydrogens is 466 g/mol. The van der Waals surface area contributed by atoms with Crippen molar-refractivity contribution in [1.29, 1.82) is 0 Å². The number of nitrogens with zero attached hydrogens (tertiary/aromatic N) is 1. The average Bonchev–Trinajstić information content (AvgIpc) is 3.64. The lowest BCUT2D eigenvalue weighted by Gasteiger charge is -2.26. The molecule has 0 radical (unpaired) electrons. The van der Waals surface area contributed by atoms with E-state index in [0.29, 0.717) is 0 Å². The Morgan fingerprint density at radius 2 is 1.00 bits per heavy atom. The summed E-state index contributed by atoms with van der Waals surface area (Å²) in [5.74, 6) is 0.832. The molecule has 0 aliphatic carbocycles. The number of ether oxygens (including phenoxy) is 1. The zero-order valence-electron chi connectivity index (χ0n) is 19.5. The molecule has 2 heterocycles. The Labute approximate surface area is 214 Å². The minimum absolute atomic E-state index is 0.832. The van der Waals surface area contributed by atoms with Gasteiger partial charge in [0.15, 0.2) is 0 Å². The molecule has 35 heavy (non-hydrogen) atoms. The monoisotopic (exact) mass is 491 g/mol. The first-order valence-corrected chi connectivity index (χ1v) is 13.0. The van der Waals surface area contributed by atoms with E-state index in [1.807, 2.05) is 12.1 Å². The third kappa shape index (κ3) is 4.85. The highest BCUT2D eigenvalue weighted by Gasteiger charge is 2.14. The smallest absolute Gasteiger partial charge is 0.119 e. The SMILES string of the molecule is C=C(c1ccc(N(c2ccc(OC)cc2)c2ccc(C(=C)c3cccs3)cc2)cc1)c1cccs1. The molecule has 0 fully saturated rings. The maximum absolute atomic E-state index is 5.38. The molecule has 0 spiro atoms. The van der Waals surface area contributed by atoms with Gasteiger partial charge >= 0.3 is 0 Å². The van der Waals surface area contributed by atoms with E-state index in [-0.39, 0.29) is 0 Å². The lowest BCUT2D eigenvalue weighted by Crippen LogP contribution is -2.10. The van der Waals surface area contributed by atoms with Crippen molar-refractivity contribution >= 4 is 50.9 Å². The van der Waals surface area contributed by atoms with Crippen LogP contribution in [0.5, 0.6) is 5.75 Å². The van der Waals surface area contributed by atoms with Gasteiger partial charge in [-0.25, -0.2) is 0 Å². The topological polar surface area (TPSA) is 12.5 Å². The molecule has 5 aromatic rings. The summed E-state index contributed by atoms with van der Waals surface area (Å²) in [5.41, 5.74) is 7.52. The van der Waals surface area contributed by atoms with E-state index in [0.717, 1.165) is 45.1 Å². The summed E-state index contributed by atoms with van der Waals surface area (Å²) in [4.78, 5) is 4.62. The lowest BCUT2D eigenvalue weighted by atomic mass is 10.0. The molecule has 0 N–H and O–H groups in total. The highest BCUT2D eigenvalue weighted by Crippen LogP contribution is 2.37. The second-order valence-corrected chi connectivity index (χ2v) is 9.93. The van der Waals surface area contributed by atoms with Crippen LogP contribution in [0.25, 0.3) is 11.1 Å². The van der Waals surface area contributed by atoms with Gasteiger partial charge in [-0.2, -0.15) is 0 Å². The Hall–Kier alpha value is -3.86. The van der Waals surface area contributed by atoms with Gasteiger partial charge in [0.1, 0.15) is 5.75 Å². The minimum Gasteiger partial charge on any atom is -0.497 e. The van der Waals surface area contributed by atoms with Crippen molar-refractivity contribution in [2.24, 2.45) is 0 Å². The van der Waals surface area contributed by atoms with Crippen molar-refractivity contribution in [2.75, 3.05) is 12.0 Å². The highest BCUT2D eigenvalue weighted by molar-refractivity contribution is 7.11. The van der Waals surface area contributed by atoms with Crippen molar-refractivity contribution in [3.05, 3.63) is 142 Å². The van der Waals surface area contributed by atoms with E-state index in [1.165, 1.54) is 9.75 Å². The van der Waals surface area contributed by atoms with Gasteiger partial charge < -0.3 is 9.64 Å². The summed E-state index contributed by atoms with van der Waals surface area (Å²) in [7, 11) is 1.69. The number of methoxy groups -OCH3 is 1. The maximum atomic E-state index is 5.38. The summed E-state index contributed by atoms with van der Waals surface area (Å²) < 4.78 is 5.38. The van der Waals surface area contributed by atoms with Crippen LogP contribution in [0, 0.1) is 0 Å². The summed E-state index contributed by atoms with van der Waals surface area (Å²) in [6.07, 6.45) is 0. The van der Waals surface area contributed by atoms with Crippen molar-refractivity contribution in [3.8, 4) is 5.75 Å². The summed E-state index contributed by atoms with van der Waals surface area (Å²) in [6, 6.07) is 33.6. The average molecular weight is 492 g/mol. The van der Waals surface area contributed by atoms with Crippen LogP contribution in [-0.2, 0) is 0 Å². The molecule has 5 rings (SSSR count). The highest BCUT2D eigenvalue weighted by atomic mass is 32.1. The fraction of sp³-hybridized carbons (Fsp3) is 0.0323. The number of benzene rings is 3. The van der Waals surface area contributed by atoms with E-state index in [2.05, 4.69) is 114 Å². The van der Waals surface area contributed by atoms with Crippen molar-refractivity contribution in [2.45, 2.75) is 0 Å². The second kappa shape index (κ2) is 10.2. The molecule has 0 saturated carbocycles. The van der Waals surface area contributed by atoms with Crippen LogP contribution in [0.2, 0.25) is 0 Å². The standard InChI is InChI=1S/C31H25NOS2/c1-22(30-6-4-20-34-30)24-8-12-26(13-9-24)32(28-16-18-29(33-3)19-17-28)27-14-10-25(11-15-27)23(2)31-7-5-21-35-31/h4-21H,1-2H2,3H3. The van der Waals surface area contributed by atoms with Crippen LogP contribution in [0.15, 0.2) is 121 Å². The first kappa shape index (κ1) is 22.9. The third-order valence-corrected chi connectivity index (χ3v) is 7.78. The van der Waals surface area contributed by atoms with Gasteiger partial charge in [0, 0.05) is 26.8 Å². The van der Waals surface area contributed by atoms with Crippen LogP contribution in [0.3, 0.4) is 0 Å². The van der Waals surface area contributed by atoms with Gasteiger partial charge in [0.2, 0.25) is 0 Å².